The van der Waals surface area contributed by atoms with Crippen molar-refractivity contribution in [3.63, 3.8) is 0 Å². The number of methoxy groups -OCH3 is 1. The van der Waals surface area contributed by atoms with E-state index < -0.39 is 0 Å². The number of rotatable bonds is 3. The van der Waals surface area contributed by atoms with Crippen LogP contribution >= 0.6 is 11.3 Å². The molecular weight excluding hydrogens is 324 g/mol. The zero-order chi connectivity index (χ0) is 16.8. The largest absolute Gasteiger partial charge is 0.497 e. The van der Waals surface area contributed by atoms with Crippen LogP contribution in [0.2, 0.25) is 0 Å². The molecule has 122 valence electrons. The van der Waals surface area contributed by atoms with Gasteiger partial charge in [0.2, 0.25) is 0 Å². The van der Waals surface area contributed by atoms with Crippen LogP contribution in [0, 0.1) is 13.8 Å². The van der Waals surface area contributed by atoms with E-state index in [0.717, 1.165) is 26.9 Å². The second-order valence-corrected chi connectivity index (χ2v) is 6.61. The van der Waals surface area contributed by atoms with Crippen molar-refractivity contribution in [1.82, 2.24) is 9.97 Å². The number of hydrogen-bond acceptors (Lipinski definition) is 7. The second kappa shape index (κ2) is 5.38. The number of benzene rings is 2. The highest BCUT2D eigenvalue weighted by molar-refractivity contribution is 7.22. The highest BCUT2D eigenvalue weighted by Gasteiger charge is 2.13. The molecule has 6 nitrogen and oxygen atoms in total. The molecule has 4 rings (SSSR count). The lowest BCUT2D eigenvalue weighted by molar-refractivity contribution is 0.415. The van der Waals surface area contributed by atoms with E-state index >= 15 is 0 Å². The summed E-state index contributed by atoms with van der Waals surface area (Å²) in [6.45, 7) is 4.07. The van der Waals surface area contributed by atoms with E-state index in [0.29, 0.717) is 22.6 Å². The molecule has 7 heteroatoms. The molecule has 2 heterocycles. The second-order valence-electron chi connectivity index (χ2n) is 5.58. The molecular formula is C17H16N4O2S. The molecule has 0 unspecified atom stereocenters. The summed E-state index contributed by atoms with van der Waals surface area (Å²) in [6.07, 6.45) is 0. The number of ether oxygens (including phenoxy) is 1. The van der Waals surface area contributed by atoms with Gasteiger partial charge in [-0.15, -0.1) is 0 Å². The molecule has 3 N–H and O–H groups in total. The van der Waals surface area contributed by atoms with Gasteiger partial charge >= 0.3 is 6.01 Å². The molecule has 0 aliphatic rings. The van der Waals surface area contributed by atoms with E-state index in [2.05, 4.69) is 15.3 Å². The Morgan fingerprint density at radius 2 is 2.04 bits per heavy atom. The maximum absolute atomic E-state index is 6.03. The maximum Gasteiger partial charge on any atom is 0.302 e. The Morgan fingerprint density at radius 1 is 1.21 bits per heavy atom. The van der Waals surface area contributed by atoms with Crippen LogP contribution in [0.1, 0.15) is 11.1 Å². The number of nitrogens with two attached hydrogens (primary N) is 1. The highest BCUT2D eigenvalue weighted by Crippen LogP contribution is 2.35. The van der Waals surface area contributed by atoms with E-state index in [1.54, 1.807) is 13.2 Å². The monoisotopic (exact) mass is 340 g/mol. The molecule has 0 amide bonds. The number of thiazole rings is 1. The molecule has 0 aliphatic heterocycles. The van der Waals surface area contributed by atoms with E-state index in [1.165, 1.54) is 16.9 Å². The van der Waals surface area contributed by atoms with Crippen molar-refractivity contribution in [2.45, 2.75) is 13.8 Å². The Balaban J connectivity index is 1.74. The van der Waals surface area contributed by atoms with Gasteiger partial charge in [0.05, 0.1) is 17.5 Å². The van der Waals surface area contributed by atoms with Gasteiger partial charge in [0, 0.05) is 6.07 Å². The first-order chi connectivity index (χ1) is 11.5. The Labute approximate surface area is 142 Å². The number of anilines is 3. The van der Waals surface area contributed by atoms with Crippen LogP contribution in [-0.2, 0) is 0 Å². The van der Waals surface area contributed by atoms with Crippen LogP contribution in [0.25, 0.3) is 21.3 Å². The molecule has 0 saturated heterocycles. The van der Waals surface area contributed by atoms with Crippen LogP contribution < -0.4 is 15.8 Å². The topological polar surface area (TPSA) is 86.2 Å². The minimum Gasteiger partial charge on any atom is -0.497 e. The first kappa shape index (κ1) is 14.8. The lowest BCUT2D eigenvalue weighted by Crippen LogP contribution is -1.91. The Morgan fingerprint density at radius 3 is 2.83 bits per heavy atom. The van der Waals surface area contributed by atoms with Crippen molar-refractivity contribution < 1.29 is 9.15 Å². The molecule has 24 heavy (non-hydrogen) atoms. The summed E-state index contributed by atoms with van der Waals surface area (Å²) in [6, 6.07) is 8.08. The molecule has 0 spiro atoms. The number of hydrogen-bond donors (Lipinski definition) is 2. The standard InChI is InChI=1S/C17H16N4O2S/c1-8-4-5-12-15(9(8)2)23-16(19-12)21-17-20-14-11(18)6-10(22-3)7-13(14)24-17/h4-7H,18H2,1-3H3,(H,19,20,21). The van der Waals surface area contributed by atoms with Gasteiger partial charge in [-0.25, -0.2) is 4.98 Å². The van der Waals surface area contributed by atoms with Gasteiger partial charge in [0.25, 0.3) is 0 Å². The van der Waals surface area contributed by atoms with Gasteiger partial charge in [-0.3, -0.25) is 5.32 Å². The molecule has 0 radical (unpaired) electrons. The molecule has 0 bridgehead atoms. The first-order valence-corrected chi connectivity index (χ1v) is 8.24. The van der Waals surface area contributed by atoms with Crippen LogP contribution in [0.4, 0.5) is 16.8 Å². The van der Waals surface area contributed by atoms with Crippen molar-refractivity contribution in [1.29, 1.82) is 0 Å². The van der Waals surface area contributed by atoms with Crippen LogP contribution in [0.5, 0.6) is 5.75 Å². The van der Waals surface area contributed by atoms with E-state index in [-0.39, 0.29) is 0 Å². The molecule has 0 atom stereocenters. The summed E-state index contributed by atoms with van der Waals surface area (Å²) in [5.41, 5.74) is 11.2. The normalized spacial score (nSPS) is 11.3. The van der Waals surface area contributed by atoms with Gasteiger partial charge in [0.15, 0.2) is 10.7 Å². The zero-order valence-corrected chi connectivity index (χ0v) is 14.3. The fourth-order valence-corrected chi connectivity index (χ4v) is 3.49. The predicted molar refractivity (Wildman–Crippen MR) is 97.4 cm³/mol. The van der Waals surface area contributed by atoms with Crippen molar-refractivity contribution in [3.8, 4) is 5.75 Å². The molecule has 0 fully saturated rings. The summed E-state index contributed by atoms with van der Waals surface area (Å²) in [5.74, 6) is 0.711. The van der Waals surface area contributed by atoms with Gasteiger partial charge < -0.3 is 14.9 Å². The third-order valence-corrected chi connectivity index (χ3v) is 4.94. The number of aryl methyl sites for hydroxylation is 2. The Kier molecular flexibility index (Phi) is 3.31. The lowest BCUT2D eigenvalue weighted by Gasteiger charge is -2.00. The fourth-order valence-electron chi connectivity index (χ4n) is 2.57. The average Bonchev–Trinajstić information content (AvgIpc) is 3.15. The number of nitrogens with zero attached hydrogens (tertiary/aromatic N) is 2. The van der Waals surface area contributed by atoms with Gasteiger partial charge in [-0.05, 0) is 37.1 Å². The number of oxazole rings is 1. The average molecular weight is 340 g/mol. The minimum atomic E-state index is 0.420. The number of nitrogen functional groups attached to an aromatic ring is 1. The molecule has 2 aromatic carbocycles. The molecule has 4 aromatic rings. The van der Waals surface area contributed by atoms with Crippen molar-refractivity contribution in [2.75, 3.05) is 18.2 Å². The van der Waals surface area contributed by atoms with Crippen molar-refractivity contribution >= 4 is 49.5 Å². The minimum absolute atomic E-state index is 0.420. The van der Waals surface area contributed by atoms with E-state index in [9.17, 15) is 0 Å². The number of aromatic nitrogens is 2. The van der Waals surface area contributed by atoms with Gasteiger partial charge in [0.1, 0.15) is 16.8 Å². The number of nitrogens with one attached hydrogen (secondary N) is 1. The molecule has 0 aliphatic carbocycles. The van der Waals surface area contributed by atoms with E-state index in [4.69, 9.17) is 14.9 Å². The predicted octanol–water partition coefficient (Wildman–Crippen LogP) is 4.39. The van der Waals surface area contributed by atoms with Crippen LogP contribution in [-0.4, -0.2) is 17.1 Å². The third kappa shape index (κ3) is 2.33. The fraction of sp³-hybridized carbons (Fsp3) is 0.176. The third-order valence-electron chi connectivity index (χ3n) is 4.02. The quantitative estimate of drug-likeness (QED) is 0.538. The Hall–Kier alpha value is -2.80. The van der Waals surface area contributed by atoms with Gasteiger partial charge in [-0.1, -0.05) is 17.4 Å². The zero-order valence-electron chi connectivity index (χ0n) is 13.5. The summed E-state index contributed by atoms with van der Waals surface area (Å²) in [5, 5.41) is 3.80. The van der Waals surface area contributed by atoms with Crippen LogP contribution in [0.15, 0.2) is 28.7 Å². The van der Waals surface area contributed by atoms with Gasteiger partial charge in [-0.2, -0.15) is 4.98 Å². The maximum atomic E-state index is 6.03. The highest BCUT2D eigenvalue weighted by atomic mass is 32.1. The van der Waals surface area contributed by atoms with E-state index in [1.807, 2.05) is 32.0 Å². The summed E-state index contributed by atoms with van der Waals surface area (Å²) in [4.78, 5) is 8.99. The smallest absolute Gasteiger partial charge is 0.302 e. The molecule has 0 saturated carbocycles. The summed E-state index contributed by atoms with van der Waals surface area (Å²) < 4.78 is 12.0. The summed E-state index contributed by atoms with van der Waals surface area (Å²) in [7, 11) is 1.61. The number of fused-ring (bicyclic) bond motifs is 2. The Bertz CT molecular complexity index is 1070. The SMILES string of the molecule is COc1cc(N)c2nc(Nc3nc4ccc(C)c(C)c4o3)sc2c1. The first-order valence-electron chi connectivity index (χ1n) is 7.43. The summed E-state index contributed by atoms with van der Waals surface area (Å²) >= 11 is 1.47. The van der Waals surface area contributed by atoms with Crippen molar-refractivity contribution in [3.05, 3.63) is 35.4 Å². The van der Waals surface area contributed by atoms with Crippen LogP contribution in [0.3, 0.4) is 0 Å². The lowest BCUT2D eigenvalue weighted by atomic mass is 10.1. The van der Waals surface area contributed by atoms with Crippen molar-refractivity contribution in [2.24, 2.45) is 0 Å². The molecule has 2 aromatic heterocycles.